The highest BCUT2D eigenvalue weighted by Crippen LogP contribution is 2.26. The van der Waals surface area contributed by atoms with E-state index in [1.165, 1.54) is 24.3 Å². The molecule has 3 aromatic rings. The Balaban J connectivity index is 1.27. The number of benzene rings is 3. The average Bonchev–Trinajstić information content (AvgIpc) is 3.07. The number of imide groups is 1. The number of esters is 1. The predicted molar refractivity (Wildman–Crippen MR) is 128 cm³/mol. The molecule has 0 spiro atoms. The SMILES string of the molecule is O=C(CCCN1C(=O)c2ccccc2C1=O)Oc1ccc(C(=O)Nc2cc(Cl)ccc2Cl)cc1. The van der Waals surface area contributed by atoms with E-state index in [0.717, 1.165) is 4.90 Å². The lowest BCUT2D eigenvalue weighted by Crippen LogP contribution is -2.31. The third-order valence-corrected chi connectivity index (χ3v) is 5.73. The maximum absolute atomic E-state index is 12.4. The highest BCUT2D eigenvalue weighted by molar-refractivity contribution is 6.35. The van der Waals surface area contributed by atoms with Gasteiger partial charge in [0.15, 0.2) is 0 Å². The van der Waals surface area contributed by atoms with Crippen molar-refractivity contribution in [3.05, 3.63) is 93.5 Å². The Kier molecular flexibility index (Phi) is 6.95. The fourth-order valence-corrected chi connectivity index (χ4v) is 3.81. The van der Waals surface area contributed by atoms with E-state index >= 15 is 0 Å². The van der Waals surface area contributed by atoms with Gasteiger partial charge in [-0.1, -0.05) is 35.3 Å². The molecule has 1 aliphatic heterocycles. The second kappa shape index (κ2) is 10.1. The number of halogens is 2. The zero-order valence-corrected chi connectivity index (χ0v) is 19.2. The van der Waals surface area contributed by atoms with E-state index in [-0.39, 0.29) is 37.0 Å². The molecule has 1 heterocycles. The number of fused-ring (bicyclic) bond motifs is 1. The van der Waals surface area contributed by atoms with Crippen molar-refractivity contribution in [3.8, 4) is 5.75 Å². The van der Waals surface area contributed by atoms with Crippen LogP contribution >= 0.6 is 23.2 Å². The molecule has 9 heteroatoms. The third kappa shape index (κ3) is 5.11. The van der Waals surface area contributed by atoms with Gasteiger partial charge in [-0.25, -0.2) is 0 Å². The second-order valence-corrected chi connectivity index (χ2v) is 8.33. The first kappa shape index (κ1) is 23.5. The predicted octanol–water partition coefficient (Wildman–Crippen LogP) is 5.23. The smallest absolute Gasteiger partial charge is 0.311 e. The number of amides is 3. The summed E-state index contributed by atoms with van der Waals surface area (Å²) in [7, 11) is 0. The van der Waals surface area contributed by atoms with E-state index in [4.69, 9.17) is 27.9 Å². The minimum absolute atomic E-state index is 0.0168. The largest absolute Gasteiger partial charge is 0.427 e. The molecule has 0 saturated heterocycles. The van der Waals surface area contributed by atoms with Crippen LogP contribution in [0.2, 0.25) is 10.0 Å². The Morgan fingerprint density at radius 2 is 1.53 bits per heavy atom. The number of nitrogens with zero attached hydrogens (tertiary/aromatic N) is 1. The van der Waals surface area contributed by atoms with Crippen LogP contribution in [0.15, 0.2) is 66.7 Å². The van der Waals surface area contributed by atoms with Crippen LogP contribution in [0.4, 0.5) is 5.69 Å². The summed E-state index contributed by atoms with van der Waals surface area (Å²) in [5.41, 5.74) is 1.46. The van der Waals surface area contributed by atoms with Crippen LogP contribution in [0.3, 0.4) is 0 Å². The summed E-state index contributed by atoms with van der Waals surface area (Å²) in [5.74, 6) is -1.37. The first-order valence-electron chi connectivity index (χ1n) is 10.4. The monoisotopic (exact) mass is 496 g/mol. The minimum atomic E-state index is -0.514. The molecule has 3 aromatic carbocycles. The van der Waals surface area contributed by atoms with Crippen LogP contribution in [0.5, 0.6) is 5.75 Å². The van der Waals surface area contributed by atoms with Crippen molar-refractivity contribution in [3.63, 3.8) is 0 Å². The van der Waals surface area contributed by atoms with Crippen LogP contribution in [0.1, 0.15) is 43.9 Å². The standard InChI is InChI=1S/C25H18Cl2N2O5/c26-16-9-12-20(27)21(14-16)28-23(31)15-7-10-17(11-8-15)34-22(30)6-3-13-29-24(32)18-4-1-2-5-19(18)25(29)33/h1-2,4-5,7-12,14H,3,6,13H2,(H,28,31). The van der Waals surface area contributed by atoms with Crippen LogP contribution in [0, 0.1) is 0 Å². The highest BCUT2D eigenvalue weighted by atomic mass is 35.5. The lowest BCUT2D eigenvalue weighted by atomic mass is 10.1. The quantitative estimate of drug-likeness (QED) is 0.274. The van der Waals surface area contributed by atoms with Gasteiger partial charge in [-0.2, -0.15) is 0 Å². The number of carbonyl (C=O) groups is 4. The van der Waals surface area contributed by atoms with Crippen molar-refractivity contribution >= 4 is 52.6 Å². The van der Waals surface area contributed by atoms with Gasteiger partial charge >= 0.3 is 5.97 Å². The second-order valence-electron chi connectivity index (χ2n) is 7.49. The minimum Gasteiger partial charge on any atom is -0.427 e. The Bertz CT molecular complexity index is 1260. The molecule has 0 unspecified atom stereocenters. The van der Waals surface area contributed by atoms with Gasteiger partial charge in [0.1, 0.15) is 5.75 Å². The molecule has 7 nitrogen and oxygen atoms in total. The summed E-state index contributed by atoms with van der Waals surface area (Å²) in [5, 5.41) is 3.46. The maximum atomic E-state index is 12.4. The van der Waals surface area contributed by atoms with E-state index in [0.29, 0.717) is 32.4 Å². The number of nitrogens with one attached hydrogen (secondary N) is 1. The first-order chi connectivity index (χ1) is 16.3. The molecule has 0 bridgehead atoms. The van der Waals surface area contributed by atoms with Gasteiger partial charge in [-0.3, -0.25) is 24.1 Å². The van der Waals surface area contributed by atoms with Crippen LogP contribution < -0.4 is 10.1 Å². The molecule has 1 N–H and O–H groups in total. The number of ether oxygens (including phenoxy) is 1. The molecule has 0 radical (unpaired) electrons. The van der Waals surface area contributed by atoms with Gasteiger partial charge < -0.3 is 10.1 Å². The zero-order chi connectivity index (χ0) is 24.2. The fourth-order valence-electron chi connectivity index (χ4n) is 3.47. The Morgan fingerprint density at radius 1 is 0.882 bits per heavy atom. The molecule has 0 saturated carbocycles. The molecule has 4 rings (SSSR count). The number of hydrogen-bond donors (Lipinski definition) is 1. The maximum Gasteiger partial charge on any atom is 0.311 e. The van der Waals surface area contributed by atoms with Gasteiger partial charge in [-0.05, 0) is 61.0 Å². The number of anilines is 1. The molecule has 3 amide bonds. The van der Waals surface area contributed by atoms with Gasteiger partial charge in [-0.15, -0.1) is 0 Å². The van der Waals surface area contributed by atoms with Crippen LogP contribution in [-0.4, -0.2) is 35.1 Å². The summed E-state index contributed by atoms with van der Waals surface area (Å²) in [4.78, 5) is 50.5. The third-order valence-electron chi connectivity index (χ3n) is 5.17. The van der Waals surface area contributed by atoms with Gasteiger partial charge in [0.2, 0.25) is 0 Å². The van der Waals surface area contributed by atoms with Crippen molar-refractivity contribution in [1.29, 1.82) is 0 Å². The van der Waals surface area contributed by atoms with Gasteiger partial charge in [0.05, 0.1) is 21.8 Å². The van der Waals surface area contributed by atoms with Crippen LogP contribution in [-0.2, 0) is 4.79 Å². The molecule has 0 atom stereocenters. The molecule has 0 aliphatic carbocycles. The molecule has 0 fully saturated rings. The molecule has 0 aromatic heterocycles. The van der Waals surface area contributed by atoms with E-state index < -0.39 is 11.9 Å². The number of carbonyl (C=O) groups excluding carboxylic acids is 4. The van der Waals surface area contributed by atoms with Crippen molar-refractivity contribution in [2.24, 2.45) is 0 Å². The summed E-state index contributed by atoms with van der Waals surface area (Å²) >= 11 is 12.0. The Hall–Kier alpha value is -3.68. The molecular weight excluding hydrogens is 479 g/mol. The van der Waals surface area contributed by atoms with Crippen molar-refractivity contribution in [1.82, 2.24) is 4.90 Å². The molecular formula is C25H18Cl2N2O5. The highest BCUT2D eigenvalue weighted by Gasteiger charge is 2.34. The molecule has 172 valence electrons. The van der Waals surface area contributed by atoms with Crippen LogP contribution in [0.25, 0.3) is 0 Å². The summed E-state index contributed by atoms with van der Waals surface area (Å²) < 4.78 is 5.28. The fraction of sp³-hybridized carbons (Fsp3) is 0.120. The van der Waals surface area contributed by atoms with Crippen molar-refractivity contribution < 1.29 is 23.9 Å². The van der Waals surface area contributed by atoms with E-state index in [2.05, 4.69) is 5.32 Å². The Morgan fingerprint density at radius 3 is 2.18 bits per heavy atom. The lowest BCUT2D eigenvalue weighted by molar-refractivity contribution is -0.134. The van der Waals surface area contributed by atoms with Crippen molar-refractivity contribution in [2.75, 3.05) is 11.9 Å². The Labute approximate surface area is 205 Å². The molecule has 34 heavy (non-hydrogen) atoms. The zero-order valence-electron chi connectivity index (χ0n) is 17.7. The lowest BCUT2D eigenvalue weighted by Gasteiger charge is -2.13. The topological polar surface area (TPSA) is 92.8 Å². The summed E-state index contributed by atoms with van der Waals surface area (Å²) in [6.45, 7) is 0.118. The summed E-state index contributed by atoms with van der Waals surface area (Å²) in [6, 6.07) is 17.4. The molecule has 1 aliphatic rings. The van der Waals surface area contributed by atoms with Crippen molar-refractivity contribution in [2.45, 2.75) is 12.8 Å². The average molecular weight is 497 g/mol. The number of hydrogen-bond acceptors (Lipinski definition) is 5. The normalized spacial score (nSPS) is 12.5. The van der Waals surface area contributed by atoms with E-state index in [1.54, 1.807) is 42.5 Å². The number of rotatable bonds is 7. The summed E-state index contributed by atoms with van der Waals surface area (Å²) in [6.07, 6.45) is 0.286. The first-order valence-corrected chi connectivity index (χ1v) is 11.1. The van der Waals surface area contributed by atoms with E-state index in [1.807, 2.05) is 0 Å². The van der Waals surface area contributed by atoms with Gasteiger partial charge in [0, 0.05) is 23.6 Å². The van der Waals surface area contributed by atoms with E-state index in [9.17, 15) is 19.2 Å². The van der Waals surface area contributed by atoms with Gasteiger partial charge in [0.25, 0.3) is 17.7 Å².